The summed E-state index contributed by atoms with van der Waals surface area (Å²) in [6.45, 7) is 6.34. The number of amides is 1. The van der Waals surface area contributed by atoms with Gasteiger partial charge in [0.15, 0.2) is 0 Å². The summed E-state index contributed by atoms with van der Waals surface area (Å²) < 4.78 is 43.1. The van der Waals surface area contributed by atoms with Crippen molar-refractivity contribution in [1.82, 2.24) is 14.7 Å². The summed E-state index contributed by atoms with van der Waals surface area (Å²) in [5.41, 5.74) is 1.39. The van der Waals surface area contributed by atoms with Gasteiger partial charge in [-0.2, -0.15) is 18.3 Å². The Hall–Kier alpha value is -2.70. The first-order valence-electron chi connectivity index (χ1n) is 8.81. The third-order valence-corrected chi connectivity index (χ3v) is 3.88. The molecule has 0 spiro atoms. The zero-order valence-electron chi connectivity index (χ0n) is 16.0. The maximum Gasteiger partial charge on any atom is 0.457 e. The molecule has 28 heavy (non-hydrogen) atoms. The number of alkyl halides is 3. The summed E-state index contributed by atoms with van der Waals surface area (Å²) >= 11 is 0. The van der Waals surface area contributed by atoms with Crippen molar-refractivity contribution < 1.29 is 27.9 Å². The number of rotatable bonds is 4. The van der Waals surface area contributed by atoms with Gasteiger partial charge in [0.1, 0.15) is 5.60 Å². The van der Waals surface area contributed by atoms with E-state index in [-0.39, 0.29) is 13.0 Å². The fourth-order valence-electron chi connectivity index (χ4n) is 2.78. The monoisotopic (exact) mass is 400 g/mol. The minimum atomic E-state index is -4.50. The highest BCUT2D eigenvalue weighted by Gasteiger charge is 2.29. The third-order valence-electron chi connectivity index (χ3n) is 3.88. The molecular formula is C18H23F3N4O3. The first-order chi connectivity index (χ1) is 13.0. The highest BCUT2D eigenvalue weighted by molar-refractivity contribution is 5.80. The lowest BCUT2D eigenvalue weighted by Crippen LogP contribution is -2.40. The second kappa shape index (κ2) is 8.54. The standard InChI is InChI=1S/C18H23F3N4O3/c1-17(2,3)28-16(26)24-10-7-14-13(12-24)15(11-22-27)25(23-14)9-6-4-5-8-18(19,20)21/h11,27H,4,6-7,9-10,12H2,1-3H3. The van der Waals surface area contributed by atoms with Crippen LogP contribution in [0, 0.1) is 11.8 Å². The highest BCUT2D eigenvalue weighted by atomic mass is 19.4. The quantitative estimate of drug-likeness (QED) is 0.276. The van der Waals surface area contributed by atoms with E-state index < -0.39 is 17.9 Å². The van der Waals surface area contributed by atoms with Crippen LogP contribution in [-0.4, -0.2) is 50.5 Å². The molecule has 0 saturated carbocycles. The smallest absolute Gasteiger partial charge is 0.444 e. The van der Waals surface area contributed by atoms with Gasteiger partial charge in [0.25, 0.3) is 0 Å². The molecule has 2 rings (SSSR count). The molecule has 0 atom stereocenters. The average Bonchev–Trinajstić information content (AvgIpc) is 2.89. The van der Waals surface area contributed by atoms with Crippen LogP contribution in [0.1, 0.15) is 50.6 Å². The molecule has 0 bridgehead atoms. The van der Waals surface area contributed by atoms with Crippen molar-refractivity contribution in [1.29, 1.82) is 0 Å². The van der Waals surface area contributed by atoms with E-state index in [9.17, 15) is 18.0 Å². The number of hydrogen-bond donors (Lipinski definition) is 1. The Labute approximate surface area is 161 Å². The van der Waals surface area contributed by atoms with Crippen LogP contribution in [0.5, 0.6) is 0 Å². The van der Waals surface area contributed by atoms with Crippen LogP contribution >= 0.6 is 0 Å². The van der Waals surface area contributed by atoms with E-state index in [1.54, 1.807) is 30.4 Å². The number of oxime groups is 1. The van der Waals surface area contributed by atoms with Gasteiger partial charge in [-0.25, -0.2) is 4.79 Å². The summed E-state index contributed by atoms with van der Waals surface area (Å²) in [5.74, 6) is 3.31. The molecule has 1 N–H and O–H groups in total. The summed E-state index contributed by atoms with van der Waals surface area (Å²) in [7, 11) is 0. The number of carbonyl (C=O) groups excluding carboxylic acids is 1. The molecule has 0 fully saturated rings. The molecule has 0 unspecified atom stereocenters. The summed E-state index contributed by atoms with van der Waals surface area (Å²) in [6, 6.07) is 0. The van der Waals surface area contributed by atoms with Crippen LogP contribution in [0.2, 0.25) is 0 Å². The lowest BCUT2D eigenvalue weighted by atomic mass is 10.1. The zero-order chi connectivity index (χ0) is 20.9. The van der Waals surface area contributed by atoms with Gasteiger partial charge >= 0.3 is 12.3 Å². The fourth-order valence-corrected chi connectivity index (χ4v) is 2.78. The predicted molar refractivity (Wildman–Crippen MR) is 95.0 cm³/mol. The molecule has 154 valence electrons. The number of halogens is 3. The first-order valence-corrected chi connectivity index (χ1v) is 8.81. The van der Waals surface area contributed by atoms with Crippen molar-refractivity contribution in [2.45, 2.75) is 64.9 Å². The van der Waals surface area contributed by atoms with Gasteiger partial charge < -0.3 is 14.8 Å². The first kappa shape index (κ1) is 21.6. The number of aromatic nitrogens is 2. The van der Waals surface area contributed by atoms with E-state index in [4.69, 9.17) is 9.94 Å². The second-order valence-corrected chi connectivity index (χ2v) is 7.33. The number of nitrogens with zero attached hydrogens (tertiary/aromatic N) is 4. The maximum atomic E-state index is 12.3. The zero-order valence-corrected chi connectivity index (χ0v) is 16.0. The van der Waals surface area contributed by atoms with Gasteiger partial charge in [0, 0.05) is 37.4 Å². The van der Waals surface area contributed by atoms with E-state index in [1.807, 2.05) is 0 Å². The number of aryl methyl sites for hydroxylation is 1. The molecule has 0 radical (unpaired) electrons. The summed E-state index contributed by atoms with van der Waals surface area (Å²) in [4.78, 5) is 13.9. The predicted octanol–water partition coefficient (Wildman–Crippen LogP) is 3.33. The Morgan fingerprint density at radius 2 is 2.11 bits per heavy atom. The molecule has 1 aliphatic rings. The maximum absolute atomic E-state index is 12.3. The third kappa shape index (κ3) is 6.18. The van der Waals surface area contributed by atoms with E-state index in [0.29, 0.717) is 31.6 Å². The lowest BCUT2D eigenvalue weighted by molar-refractivity contribution is -0.0697. The Kier molecular flexibility index (Phi) is 6.59. The van der Waals surface area contributed by atoms with Crippen LogP contribution < -0.4 is 0 Å². The van der Waals surface area contributed by atoms with Crippen molar-refractivity contribution in [3.8, 4) is 11.8 Å². The Bertz CT molecular complexity index is 798. The minimum absolute atomic E-state index is 0.0593. The molecule has 2 heterocycles. The van der Waals surface area contributed by atoms with Crippen LogP contribution in [-0.2, 0) is 24.2 Å². The molecule has 1 aromatic heterocycles. The summed E-state index contributed by atoms with van der Waals surface area (Å²) in [5, 5.41) is 16.5. The largest absolute Gasteiger partial charge is 0.457 e. The van der Waals surface area contributed by atoms with Gasteiger partial charge in [0.05, 0.1) is 24.1 Å². The van der Waals surface area contributed by atoms with E-state index in [2.05, 4.69) is 16.2 Å². The van der Waals surface area contributed by atoms with Crippen molar-refractivity contribution in [3.05, 3.63) is 17.0 Å². The van der Waals surface area contributed by atoms with Crippen molar-refractivity contribution in [3.63, 3.8) is 0 Å². The SMILES string of the molecule is CC(C)(C)OC(=O)N1CCc2nn(CCCC#CC(F)(F)F)c(C=NO)c2C1. The van der Waals surface area contributed by atoms with Crippen molar-refractivity contribution >= 4 is 12.3 Å². The molecule has 0 aromatic carbocycles. The number of ether oxygens (including phenoxy) is 1. The van der Waals surface area contributed by atoms with Gasteiger partial charge in [-0.05, 0) is 27.2 Å². The van der Waals surface area contributed by atoms with Crippen molar-refractivity contribution in [2.24, 2.45) is 5.16 Å². The van der Waals surface area contributed by atoms with Gasteiger partial charge in [-0.3, -0.25) is 4.68 Å². The molecule has 1 amide bonds. The average molecular weight is 400 g/mol. The Balaban J connectivity index is 2.11. The van der Waals surface area contributed by atoms with E-state index >= 15 is 0 Å². The molecule has 10 heteroatoms. The summed E-state index contributed by atoms with van der Waals surface area (Å²) in [6.07, 6.45) is -2.81. The van der Waals surface area contributed by atoms with E-state index in [0.717, 1.165) is 11.3 Å². The number of unbranched alkanes of at least 4 members (excludes halogenated alkanes) is 1. The van der Waals surface area contributed by atoms with Gasteiger partial charge in [0.2, 0.25) is 0 Å². The minimum Gasteiger partial charge on any atom is -0.444 e. The van der Waals surface area contributed by atoms with Crippen molar-refractivity contribution in [2.75, 3.05) is 6.54 Å². The molecule has 0 aliphatic carbocycles. The molecule has 7 nitrogen and oxygen atoms in total. The van der Waals surface area contributed by atoms with Gasteiger partial charge in [-0.1, -0.05) is 11.1 Å². The Morgan fingerprint density at radius 3 is 2.71 bits per heavy atom. The van der Waals surface area contributed by atoms with Crippen LogP contribution in [0.4, 0.5) is 18.0 Å². The number of fused-ring (bicyclic) bond motifs is 1. The molecule has 1 aliphatic heterocycles. The van der Waals surface area contributed by atoms with Crippen LogP contribution in [0.15, 0.2) is 5.16 Å². The lowest BCUT2D eigenvalue weighted by Gasteiger charge is -2.29. The highest BCUT2D eigenvalue weighted by Crippen LogP contribution is 2.23. The second-order valence-electron chi connectivity index (χ2n) is 7.33. The topological polar surface area (TPSA) is 80.0 Å². The molecule has 1 aromatic rings. The fraction of sp³-hybridized carbons (Fsp3) is 0.611. The molecule has 0 saturated heterocycles. The Morgan fingerprint density at radius 1 is 1.39 bits per heavy atom. The molecular weight excluding hydrogens is 377 g/mol. The number of carbonyl (C=O) groups is 1. The van der Waals surface area contributed by atoms with E-state index in [1.165, 1.54) is 12.1 Å². The van der Waals surface area contributed by atoms with Gasteiger partial charge in [-0.15, -0.1) is 0 Å². The normalized spacial score (nSPS) is 14.6. The van der Waals surface area contributed by atoms with Crippen LogP contribution in [0.25, 0.3) is 0 Å². The van der Waals surface area contributed by atoms with Crippen LogP contribution in [0.3, 0.4) is 0 Å². The number of hydrogen-bond acceptors (Lipinski definition) is 5.